The topological polar surface area (TPSA) is 50.1 Å². The van der Waals surface area contributed by atoms with Crippen molar-refractivity contribution in [3.63, 3.8) is 0 Å². The third-order valence-electron chi connectivity index (χ3n) is 3.48. The van der Waals surface area contributed by atoms with Crippen molar-refractivity contribution in [2.75, 3.05) is 23.7 Å². The Morgan fingerprint density at radius 2 is 1.90 bits per heavy atom. The molecule has 0 amide bonds. The molecular weight excluding hydrogens is 277 g/mol. The molecule has 3 nitrogen and oxygen atoms in total. The number of rotatable bonds is 2. The van der Waals surface area contributed by atoms with Gasteiger partial charge in [-0.2, -0.15) is 0 Å². The van der Waals surface area contributed by atoms with Crippen LogP contribution in [-0.2, 0) is 6.54 Å². The van der Waals surface area contributed by atoms with Gasteiger partial charge in [0.25, 0.3) is 0 Å². The van der Waals surface area contributed by atoms with E-state index < -0.39 is 0 Å². The van der Waals surface area contributed by atoms with Crippen molar-refractivity contribution in [2.45, 2.75) is 6.54 Å². The molecule has 104 valence electrons. The number of nitrogens with two attached hydrogens (primary N) is 1. The molecule has 20 heavy (non-hydrogen) atoms. The van der Waals surface area contributed by atoms with Crippen LogP contribution in [0.1, 0.15) is 5.56 Å². The minimum atomic E-state index is -0.309. The van der Waals surface area contributed by atoms with E-state index in [1.54, 1.807) is 6.07 Å². The molecular formula is C15H15ClFN3. The van der Waals surface area contributed by atoms with Gasteiger partial charge in [0.15, 0.2) is 0 Å². The molecule has 0 aromatic heterocycles. The summed E-state index contributed by atoms with van der Waals surface area (Å²) in [5.41, 5.74) is 10.4. The van der Waals surface area contributed by atoms with Gasteiger partial charge < -0.3 is 16.4 Å². The number of fused-ring (bicyclic) bond motifs is 1. The van der Waals surface area contributed by atoms with E-state index in [9.17, 15) is 4.39 Å². The lowest BCUT2D eigenvalue weighted by molar-refractivity contribution is 0.628. The molecule has 1 aliphatic heterocycles. The zero-order chi connectivity index (χ0) is 14.1. The summed E-state index contributed by atoms with van der Waals surface area (Å²) in [5, 5.41) is 7.18. The van der Waals surface area contributed by atoms with Gasteiger partial charge in [0.2, 0.25) is 0 Å². The number of nitrogens with one attached hydrogen (secondary N) is 2. The fraction of sp³-hybridized carbons (Fsp3) is 0.200. The molecule has 1 heterocycles. The first-order valence-electron chi connectivity index (χ1n) is 6.50. The van der Waals surface area contributed by atoms with Gasteiger partial charge >= 0.3 is 0 Å². The summed E-state index contributed by atoms with van der Waals surface area (Å²) < 4.78 is 13.5. The van der Waals surface area contributed by atoms with E-state index in [0.29, 0.717) is 17.1 Å². The second kappa shape index (κ2) is 5.31. The molecule has 0 spiro atoms. The van der Waals surface area contributed by atoms with Gasteiger partial charge in [0.1, 0.15) is 5.82 Å². The maximum Gasteiger partial charge on any atom is 0.123 e. The molecule has 2 aromatic rings. The maximum atomic E-state index is 13.5. The fourth-order valence-electron chi connectivity index (χ4n) is 2.55. The summed E-state index contributed by atoms with van der Waals surface area (Å²) in [7, 11) is 0. The van der Waals surface area contributed by atoms with Crippen LogP contribution in [0.3, 0.4) is 0 Å². The van der Waals surface area contributed by atoms with Crippen LogP contribution in [0.25, 0.3) is 11.1 Å². The number of benzene rings is 2. The second-order valence-electron chi connectivity index (χ2n) is 4.70. The Morgan fingerprint density at radius 1 is 1.10 bits per heavy atom. The van der Waals surface area contributed by atoms with E-state index in [1.807, 2.05) is 12.1 Å². The third-order valence-corrected chi connectivity index (χ3v) is 3.81. The number of hydrogen-bond donors (Lipinski definition) is 3. The molecule has 1 aliphatic rings. The van der Waals surface area contributed by atoms with Crippen LogP contribution in [-0.4, -0.2) is 13.1 Å². The summed E-state index contributed by atoms with van der Waals surface area (Å²) in [5.74, 6) is -0.309. The van der Waals surface area contributed by atoms with E-state index in [0.717, 1.165) is 35.6 Å². The molecule has 0 saturated heterocycles. The van der Waals surface area contributed by atoms with Crippen LogP contribution >= 0.6 is 11.6 Å². The van der Waals surface area contributed by atoms with E-state index in [-0.39, 0.29) is 5.82 Å². The highest BCUT2D eigenvalue weighted by Crippen LogP contribution is 2.38. The molecule has 0 fully saturated rings. The molecule has 0 saturated carbocycles. The lowest BCUT2D eigenvalue weighted by atomic mass is 9.96. The van der Waals surface area contributed by atoms with Gasteiger partial charge in [-0.3, -0.25) is 0 Å². The molecule has 0 atom stereocenters. The Hall–Kier alpha value is -1.78. The van der Waals surface area contributed by atoms with Gasteiger partial charge in [-0.25, -0.2) is 4.39 Å². The highest BCUT2D eigenvalue weighted by Gasteiger charge is 2.17. The SMILES string of the molecule is NCc1c(-c2cc(F)ccc2Cl)ccc2c1NCCN2. The van der Waals surface area contributed by atoms with Gasteiger partial charge in [-0.1, -0.05) is 17.7 Å². The smallest absolute Gasteiger partial charge is 0.123 e. The monoisotopic (exact) mass is 291 g/mol. The predicted molar refractivity (Wildman–Crippen MR) is 81.7 cm³/mol. The summed E-state index contributed by atoms with van der Waals surface area (Å²) >= 11 is 6.20. The van der Waals surface area contributed by atoms with Gasteiger partial charge in [-0.05, 0) is 35.4 Å². The first kappa shape index (κ1) is 13.2. The molecule has 0 radical (unpaired) electrons. The van der Waals surface area contributed by atoms with Crippen molar-refractivity contribution < 1.29 is 4.39 Å². The minimum Gasteiger partial charge on any atom is -0.382 e. The fourth-order valence-corrected chi connectivity index (χ4v) is 2.77. The van der Waals surface area contributed by atoms with Crippen LogP contribution in [0.2, 0.25) is 5.02 Å². The Bertz CT molecular complexity index is 658. The Labute approximate surface area is 121 Å². The number of hydrogen-bond acceptors (Lipinski definition) is 3. The van der Waals surface area contributed by atoms with E-state index in [2.05, 4.69) is 10.6 Å². The molecule has 5 heteroatoms. The van der Waals surface area contributed by atoms with E-state index >= 15 is 0 Å². The zero-order valence-corrected chi connectivity index (χ0v) is 11.6. The molecule has 3 rings (SSSR count). The molecule has 4 N–H and O–H groups in total. The average molecular weight is 292 g/mol. The predicted octanol–water partition coefficient (Wildman–Crippen LogP) is 3.44. The van der Waals surface area contributed by atoms with Gasteiger partial charge in [0, 0.05) is 30.2 Å². The third kappa shape index (κ3) is 2.21. The van der Waals surface area contributed by atoms with Crippen molar-refractivity contribution in [1.82, 2.24) is 0 Å². The minimum absolute atomic E-state index is 0.309. The first-order valence-corrected chi connectivity index (χ1v) is 6.87. The Balaban J connectivity index is 2.21. The second-order valence-corrected chi connectivity index (χ2v) is 5.10. The van der Waals surface area contributed by atoms with Crippen molar-refractivity contribution in [3.05, 3.63) is 46.7 Å². The van der Waals surface area contributed by atoms with Crippen LogP contribution in [0.4, 0.5) is 15.8 Å². The molecule has 0 aliphatic carbocycles. The van der Waals surface area contributed by atoms with Crippen LogP contribution < -0.4 is 16.4 Å². The van der Waals surface area contributed by atoms with Crippen LogP contribution in [0.15, 0.2) is 30.3 Å². The lowest BCUT2D eigenvalue weighted by Gasteiger charge is -2.24. The quantitative estimate of drug-likeness (QED) is 0.794. The highest BCUT2D eigenvalue weighted by atomic mass is 35.5. The molecule has 0 bridgehead atoms. The largest absolute Gasteiger partial charge is 0.382 e. The van der Waals surface area contributed by atoms with E-state index in [1.165, 1.54) is 12.1 Å². The lowest BCUT2D eigenvalue weighted by Crippen LogP contribution is -2.22. The highest BCUT2D eigenvalue weighted by molar-refractivity contribution is 6.33. The van der Waals surface area contributed by atoms with Crippen molar-refractivity contribution >= 4 is 23.0 Å². The normalized spacial score (nSPS) is 13.3. The zero-order valence-electron chi connectivity index (χ0n) is 10.8. The molecule has 2 aromatic carbocycles. The van der Waals surface area contributed by atoms with Gasteiger partial charge in [-0.15, -0.1) is 0 Å². The van der Waals surface area contributed by atoms with Crippen molar-refractivity contribution in [2.24, 2.45) is 5.73 Å². The molecule has 0 unspecified atom stereocenters. The summed E-state index contributed by atoms with van der Waals surface area (Å²) in [4.78, 5) is 0. The average Bonchev–Trinajstić information content (AvgIpc) is 2.48. The van der Waals surface area contributed by atoms with Crippen molar-refractivity contribution in [1.29, 1.82) is 0 Å². The number of halogens is 2. The van der Waals surface area contributed by atoms with Crippen molar-refractivity contribution in [3.8, 4) is 11.1 Å². The van der Waals surface area contributed by atoms with Gasteiger partial charge in [0.05, 0.1) is 11.4 Å². The maximum absolute atomic E-state index is 13.5. The summed E-state index contributed by atoms with van der Waals surface area (Å²) in [6.45, 7) is 2.07. The summed E-state index contributed by atoms with van der Waals surface area (Å²) in [6, 6.07) is 8.27. The standard InChI is InChI=1S/C15H15ClFN3/c16-13-3-1-9(17)7-11(13)10-2-4-14-15(12(10)8-18)20-6-5-19-14/h1-4,7,19-20H,5-6,8,18H2. The number of anilines is 2. The Morgan fingerprint density at radius 3 is 2.70 bits per heavy atom. The van der Waals surface area contributed by atoms with Crippen LogP contribution in [0, 0.1) is 5.82 Å². The van der Waals surface area contributed by atoms with Crippen LogP contribution in [0.5, 0.6) is 0 Å². The first-order chi connectivity index (χ1) is 9.70. The van der Waals surface area contributed by atoms with E-state index in [4.69, 9.17) is 17.3 Å². The summed E-state index contributed by atoms with van der Waals surface area (Å²) in [6.07, 6.45) is 0. The Kier molecular flexibility index (Phi) is 3.51.